The van der Waals surface area contributed by atoms with Crippen LogP contribution in [-0.2, 0) is 6.54 Å². The summed E-state index contributed by atoms with van der Waals surface area (Å²) in [4.78, 5) is 0. The summed E-state index contributed by atoms with van der Waals surface area (Å²) in [6, 6.07) is 0.505. The average molecular weight is 153 g/mol. The van der Waals surface area contributed by atoms with E-state index in [4.69, 9.17) is 1.37 Å². The molecule has 2 nitrogen and oxygen atoms in total. The zero-order valence-corrected chi connectivity index (χ0v) is 7.08. The molecule has 0 atom stereocenters. The lowest BCUT2D eigenvalue weighted by atomic mass is 10.2. The van der Waals surface area contributed by atoms with Gasteiger partial charge in [-0.2, -0.15) is 5.10 Å². The first-order valence-electron chi connectivity index (χ1n) is 4.82. The summed E-state index contributed by atoms with van der Waals surface area (Å²) in [6.45, 7) is 3.16. The van der Waals surface area contributed by atoms with Gasteiger partial charge < -0.3 is 0 Å². The van der Waals surface area contributed by atoms with Crippen molar-refractivity contribution in [2.45, 2.75) is 39.2 Å². The highest BCUT2D eigenvalue weighted by atomic mass is 15.3. The maximum atomic E-state index is 7.25. The van der Waals surface area contributed by atoms with Crippen molar-refractivity contribution in [3.8, 4) is 0 Å². The molecule has 0 aliphatic heterocycles. The lowest BCUT2D eigenvalue weighted by Gasteiger charge is -1.99. The van der Waals surface area contributed by atoms with Gasteiger partial charge in [0.2, 0.25) is 0 Å². The van der Waals surface area contributed by atoms with Gasteiger partial charge in [0.25, 0.3) is 0 Å². The summed E-state index contributed by atoms with van der Waals surface area (Å²) < 4.78 is 9.09. The number of rotatable bonds is 5. The highest BCUT2D eigenvalue weighted by Crippen LogP contribution is 2.00. The fraction of sp³-hybridized carbons (Fsp3) is 0.667. The van der Waals surface area contributed by atoms with Gasteiger partial charge in [0, 0.05) is 18.9 Å². The van der Waals surface area contributed by atoms with E-state index in [2.05, 4.69) is 12.0 Å². The van der Waals surface area contributed by atoms with E-state index >= 15 is 0 Å². The molecule has 0 amide bonds. The van der Waals surface area contributed by atoms with Crippen LogP contribution in [0, 0.1) is 0 Å². The van der Waals surface area contributed by atoms with Crippen LogP contribution in [0.2, 0.25) is 0 Å². The third-order valence-corrected chi connectivity index (χ3v) is 1.74. The Balaban J connectivity index is 2.15. The number of aromatic nitrogens is 2. The summed E-state index contributed by atoms with van der Waals surface area (Å²) in [5.41, 5.74) is 0. The number of hydrogen-bond donors (Lipinski definition) is 0. The summed E-state index contributed by atoms with van der Waals surface area (Å²) >= 11 is 0. The number of aryl methyl sites for hydroxylation is 1. The monoisotopic (exact) mass is 153 g/mol. The Morgan fingerprint density at radius 2 is 2.36 bits per heavy atom. The first-order valence-corrected chi connectivity index (χ1v) is 4.32. The Morgan fingerprint density at radius 1 is 1.45 bits per heavy atom. The zero-order chi connectivity index (χ0) is 8.81. The molecule has 0 saturated heterocycles. The van der Waals surface area contributed by atoms with Crippen LogP contribution in [0.3, 0.4) is 0 Å². The van der Waals surface area contributed by atoms with E-state index in [1.165, 1.54) is 25.7 Å². The quantitative estimate of drug-likeness (QED) is 0.594. The largest absolute Gasteiger partial charge is 0.273 e. The molecule has 0 N–H and O–H groups in total. The molecule has 0 radical (unpaired) electrons. The first kappa shape index (κ1) is 6.89. The first-order chi connectivity index (χ1) is 5.83. The Labute approximate surface area is 69.6 Å². The van der Waals surface area contributed by atoms with Crippen molar-refractivity contribution in [3.05, 3.63) is 18.4 Å². The Morgan fingerprint density at radius 3 is 3.00 bits per heavy atom. The lowest BCUT2D eigenvalue weighted by Crippen LogP contribution is -1.97. The number of nitrogens with zero attached hydrogens (tertiary/aromatic N) is 2. The normalized spacial score (nSPS) is 11.5. The molecular weight excluding hydrogens is 136 g/mol. The predicted molar refractivity (Wildman–Crippen MR) is 46.4 cm³/mol. The van der Waals surface area contributed by atoms with Gasteiger partial charge in [0.15, 0.2) is 0 Å². The van der Waals surface area contributed by atoms with Crippen LogP contribution in [0.15, 0.2) is 18.4 Å². The SMILES string of the molecule is [2H]c1cnn(CCCCCC)c1. The fourth-order valence-electron chi connectivity index (χ4n) is 1.08. The molecule has 0 unspecified atom stereocenters. The van der Waals surface area contributed by atoms with Crippen molar-refractivity contribution >= 4 is 0 Å². The number of unbranched alkanes of at least 4 members (excludes halogenated alkanes) is 3. The molecule has 1 rings (SSSR count). The van der Waals surface area contributed by atoms with Gasteiger partial charge in [-0.15, -0.1) is 0 Å². The van der Waals surface area contributed by atoms with E-state index in [1.54, 1.807) is 12.4 Å². The summed E-state index contributed by atoms with van der Waals surface area (Å²) in [6.07, 6.45) is 8.36. The topological polar surface area (TPSA) is 17.8 Å². The van der Waals surface area contributed by atoms with Gasteiger partial charge in [-0.05, 0) is 12.5 Å². The molecule has 0 spiro atoms. The standard InChI is InChI=1S/C9H16N2/c1-2-3-4-5-8-11-9-6-7-10-11/h6-7,9H,2-5,8H2,1H3/i6D. The van der Waals surface area contributed by atoms with Crippen molar-refractivity contribution in [2.24, 2.45) is 0 Å². The molecule has 0 saturated carbocycles. The highest BCUT2D eigenvalue weighted by molar-refractivity contribution is 4.77. The maximum Gasteiger partial charge on any atom is 0.0656 e. The minimum absolute atomic E-state index is 0.505. The van der Waals surface area contributed by atoms with Crippen LogP contribution in [0.1, 0.15) is 34.0 Å². The molecule has 11 heavy (non-hydrogen) atoms. The average Bonchev–Trinajstić information content (AvgIpc) is 2.45. The van der Waals surface area contributed by atoms with E-state index in [0.29, 0.717) is 6.04 Å². The van der Waals surface area contributed by atoms with E-state index in [1.807, 2.05) is 4.68 Å². The number of hydrogen-bond acceptors (Lipinski definition) is 1. The molecule has 0 fully saturated rings. The highest BCUT2D eigenvalue weighted by Gasteiger charge is 1.89. The predicted octanol–water partition coefficient (Wildman–Crippen LogP) is 2.46. The van der Waals surface area contributed by atoms with Crippen LogP contribution in [0.5, 0.6) is 0 Å². The van der Waals surface area contributed by atoms with Crippen LogP contribution in [0.4, 0.5) is 0 Å². The van der Waals surface area contributed by atoms with Crippen molar-refractivity contribution in [1.29, 1.82) is 0 Å². The van der Waals surface area contributed by atoms with Crippen LogP contribution in [0.25, 0.3) is 0 Å². The molecular formula is C9H16N2. The molecule has 0 bridgehead atoms. The van der Waals surface area contributed by atoms with Crippen molar-refractivity contribution in [2.75, 3.05) is 0 Å². The Hall–Kier alpha value is -0.790. The Bertz CT molecular complexity index is 220. The summed E-state index contributed by atoms with van der Waals surface area (Å²) in [5, 5.41) is 4.04. The minimum atomic E-state index is 0.505. The van der Waals surface area contributed by atoms with Crippen molar-refractivity contribution in [1.82, 2.24) is 9.78 Å². The van der Waals surface area contributed by atoms with Gasteiger partial charge in [-0.25, -0.2) is 0 Å². The molecule has 0 aliphatic rings. The molecule has 2 heteroatoms. The second kappa shape index (κ2) is 4.94. The summed E-state index contributed by atoms with van der Waals surface area (Å²) in [7, 11) is 0. The van der Waals surface area contributed by atoms with E-state index in [9.17, 15) is 0 Å². The summed E-state index contributed by atoms with van der Waals surface area (Å²) in [5.74, 6) is 0. The van der Waals surface area contributed by atoms with Gasteiger partial charge in [0.1, 0.15) is 0 Å². The van der Waals surface area contributed by atoms with Crippen LogP contribution in [-0.4, -0.2) is 9.78 Å². The van der Waals surface area contributed by atoms with Crippen molar-refractivity contribution in [3.63, 3.8) is 0 Å². The Kier molecular flexibility index (Phi) is 3.10. The smallest absolute Gasteiger partial charge is 0.0656 e. The zero-order valence-electron chi connectivity index (χ0n) is 8.08. The molecule has 1 aromatic heterocycles. The molecule has 1 heterocycles. The maximum absolute atomic E-state index is 7.25. The van der Waals surface area contributed by atoms with Gasteiger partial charge >= 0.3 is 0 Å². The molecule has 62 valence electrons. The molecule has 0 aromatic carbocycles. The van der Waals surface area contributed by atoms with Gasteiger partial charge in [0.05, 0.1) is 1.37 Å². The second-order valence-electron chi connectivity index (χ2n) is 2.76. The van der Waals surface area contributed by atoms with Gasteiger partial charge in [-0.1, -0.05) is 26.2 Å². The van der Waals surface area contributed by atoms with E-state index in [0.717, 1.165) is 6.54 Å². The van der Waals surface area contributed by atoms with Crippen molar-refractivity contribution < 1.29 is 1.37 Å². The minimum Gasteiger partial charge on any atom is -0.273 e. The molecule has 0 aliphatic carbocycles. The van der Waals surface area contributed by atoms with E-state index < -0.39 is 0 Å². The van der Waals surface area contributed by atoms with Crippen LogP contribution >= 0.6 is 0 Å². The molecule has 1 aromatic rings. The third-order valence-electron chi connectivity index (χ3n) is 1.74. The van der Waals surface area contributed by atoms with Gasteiger partial charge in [-0.3, -0.25) is 4.68 Å². The second-order valence-corrected chi connectivity index (χ2v) is 2.76. The third kappa shape index (κ3) is 3.21. The van der Waals surface area contributed by atoms with E-state index in [-0.39, 0.29) is 0 Å². The van der Waals surface area contributed by atoms with Crippen LogP contribution < -0.4 is 0 Å². The lowest BCUT2D eigenvalue weighted by molar-refractivity contribution is 0.541. The fourth-order valence-corrected chi connectivity index (χ4v) is 1.08.